The van der Waals surface area contributed by atoms with Crippen molar-refractivity contribution >= 4 is 18.4 Å². The van der Waals surface area contributed by atoms with Gasteiger partial charge in [0.1, 0.15) is 5.75 Å². The summed E-state index contributed by atoms with van der Waals surface area (Å²) in [6, 6.07) is 8.58. The van der Waals surface area contributed by atoms with Gasteiger partial charge in [0.05, 0.1) is 13.2 Å². The van der Waals surface area contributed by atoms with E-state index in [0.29, 0.717) is 11.9 Å². The van der Waals surface area contributed by atoms with Crippen LogP contribution >= 0.6 is 12.4 Å². The number of benzene rings is 1. The molecule has 0 unspecified atom stereocenters. The van der Waals surface area contributed by atoms with Gasteiger partial charge in [-0.1, -0.05) is 30.2 Å². The SMILES string of the molecule is CCCOc1ccccc1CCCNc1nnc(CN)o1.Cl. The van der Waals surface area contributed by atoms with Crippen LogP contribution in [0.5, 0.6) is 5.75 Å². The molecule has 6 nitrogen and oxygen atoms in total. The van der Waals surface area contributed by atoms with E-state index in [1.54, 1.807) is 0 Å². The maximum atomic E-state index is 5.74. The summed E-state index contributed by atoms with van der Waals surface area (Å²) < 4.78 is 11.0. The van der Waals surface area contributed by atoms with Gasteiger partial charge in [-0.05, 0) is 30.9 Å². The summed E-state index contributed by atoms with van der Waals surface area (Å²) in [5.41, 5.74) is 6.64. The summed E-state index contributed by atoms with van der Waals surface area (Å²) in [7, 11) is 0. The molecule has 22 heavy (non-hydrogen) atoms. The van der Waals surface area contributed by atoms with Gasteiger partial charge in [-0.15, -0.1) is 17.5 Å². The predicted molar refractivity (Wildman–Crippen MR) is 88.5 cm³/mol. The van der Waals surface area contributed by atoms with Gasteiger partial charge in [0.2, 0.25) is 5.89 Å². The van der Waals surface area contributed by atoms with Crippen molar-refractivity contribution in [2.75, 3.05) is 18.5 Å². The van der Waals surface area contributed by atoms with Crippen molar-refractivity contribution in [2.24, 2.45) is 5.73 Å². The van der Waals surface area contributed by atoms with Crippen LogP contribution in [0.15, 0.2) is 28.7 Å². The molecule has 7 heteroatoms. The van der Waals surface area contributed by atoms with E-state index < -0.39 is 0 Å². The Morgan fingerprint density at radius 2 is 2.09 bits per heavy atom. The third kappa shape index (κ3) is 5.54. The van der Waals surface area contributed by atoms with Gasteiger partial charge in [-0.3, -0.25) is 0 Å². The van der Waals surface area contributed by atoms with Crippen molar-refractivity contribution < 1.29 is 9.15 Å². The fourth-order valence-electron chi connectivity index (χ4n) is 1.94. The molecule has 0 saturated heterocycles. The number of anilines is 1. The quantitative estimate of drug-likeness (QED) is 0.689. The Kier molecular flexibility index (Phi) is 8.32. The smallest absolute Gasteiger partial charge is 0.315 e. The molecule has 0 atom stereocenters. The average molecular weight is 327 g/mol. The molecule has 0 aliphatic rings. The minimum atomic E-state index is 0. The van der Waals surface area contributed by atoms with Crippen molar-refractivity contribution in [2.45, 2.75) is 32.7 Å². The zero-order chi connectivity index (χ0) is 14.9. The Labute approximate surface area is 136 Å². The molecule has 2 aromatic rings. The lowest BCUT2D eigenvalue weighted by Gasteiger charge is -2.10. The molecular weight excluding hydrogens is 304 g/mol. The molecule has 0 fully saturated rings. The number of halogens is 1. The Balaban J connectivity index is 0.00000242. The van der Waals surface area contributed by atoms with Crippen LogP contribution in [0, 0.1) is 0 Å². The first-order valence-corrected chi connectivity index (χ1v) is 7.30. The average Bonchev–Trinajstić information content (AvgIpc) is 2.98. The summed E-state index contributed by atoms with van der Waals surface area (Å²) in [4.78, 5) is 0. The van der Waals surface area contributed by atoms with E-state index in [2.05, 4.69) is 28.5 Å². The second-order valence-corrected chi connectivity index (χ2v) is 4.69. The largest absolute Gasteiger partial charge is 0.493 e. The van der Waals surface area contributed by atoms with Crippen molar-refractivity contribution in [3.05, 3.63) is 35.7 Å². The van der Waals surface area contributed by atoms with Gasteiger partial charge in [-0.2, -0.15) is 0 Å². The zero-order valence-electron chi connectivity index (χ0n) is 12.7. The number of aryl methyl sites for hydroxylation is 1. The summed E-state index contributed by atoms with van der Waals surface area (Å²) in [5, 5.41) is 10.7. The number of nitrogens with one attached hydrogen (secondary N) is 1. The molecule has 0 radical (unpaired) electrons. The fraction of sp³-hybridized carbons (Fsp3) is 0.467. The van der Waals surface area contributed by atoms with Crippen LogP contribution in [0.1, 0.15) is 31.2 Å². The van der Waals surface area contributed by atoms with Crippen LogP contribution in [0.3, 0.4) is 0 Å². The van der Waals surface area contributed by atoms with Gasteiger partial charge in [0.25, 0.3) is 0 Å². The molecule has 1 aromatic heterocycles. The number of nitrogens with zero attached hydrogens (tertiary/aromatic N) is 2. The first kappa shape index (κ1) is 18.3. The molecule has 3 N–H and O–H groups in total. The highest BCUT2D eigenvalue weighted by Crippen LogP contribution is 2.19. The van der Waals surface area contributed by atoms with Gasteiger partial charge < -0.3 is 20.2 Å². The van der Waals surface area contributed by atoms with Gasteiger partial charge in [0.15, 0.2) is 0 Å². The third-order valence-corrected chi connectivity index (χ3v) is 2.97. The second kappa shape index (κ2) is 10.0. The molecule has 0 aliphatic heterocycles. The summed E-state index contributed by atoms with van der Waals surface area (Å²) in [6.07, 6.45) is 2.90. The number of aromatic nitrogens is 2. The molecule has 122 valence electrons. The van der Waals surface area contributed by atoms with E-state index in [9.17, 15) is 0 Å². The Bertz CT molecular complexity index is 548. The van der Waals surface area contributed by atoms with E-state index in [4.69, 9.17) is 14.9 Å². The highest BCUT2D eigenvalue weighted by molar-refractivity contribution is 5.85. The van der Waals surface area contributed by atoms with Crippen LogP contribution in [0.2, 0.25) is 0 Å². The van der Waals surface area contributed by atoms with Crippen molar-refractivity contribution in [3.8, 4) is 5.75 Å². The third-order valence-electron chi connectivity index (χ3n) is 2.97. The summed E-state index contributed by atoms with van der Waals surface area (Å²) in [6.45, 7) is 3.87. The fourth-order valence-corrected chi connectivity index (χ4v) is 1.94. The van der Waals surface area contributed by atoms with Crippen molar-refractivity contribution in [1.29, 1.82) is 0 Å². The number of para-hydroxylation sites is 1. The lowest BCUT2D eigenvalue weighted by atomic mass is 10.1. The molecule has 0 bridgehead atoms. The standard InChI is InChI=1S/C15H22N4O2.ClH/c1-2-10-20-13-8-4-3-6-12(13)7-5-9-17-15-19-18-14(11-16)21-15;/h3-4,6,8H,2,5,7,9-11,16H2,1H3,(H,17,19);1H. The molecule has 0 saturated carbocycles. The highest BCUT2D eigenvalue weighted by atomic mass is 35.5. The Morgan fingerprint density at radius 1 is 1.27 bits per heavy atom. The maximum absolute atomic E-state index is 5.74. The number of rotatable bonds is 9. The van der Waals surface area contributed by atoms with Crippen molar-refractivity contribution in [3.63, 3.8) is 0 Å². The number of hydrogen-bond acceptors (Lipinski definition) is 6. The van der Waals surface area contributed by atoms with E-state index in [1.807, 2.05) is 18.2 Å². The number of hydrogen-bond donors (Lipinski definition) is 2. The van der Waals surface area contributed by atoms with E-state index in [-0.39, 0.29) is 19.0 Å². The molecule has 1 heterocycles. The topological polar surface area (TPSA) is 86.2 Å². The number of nitrogens with two attached hydrogens (primary N) is 1. The van der Waals surface area contributed by atoms with Crippen LogP contribution in [0.25, 0.3) is 0 Å². The molecule has 0 spiro atoms. The van der Waals surface area contributed by atoms with E-state index in [1.165, 1.54) is 5.56 Å². The highest BCUT2D eigenvalue weighted by Gasteiger charge is 2.05. The predicted octanol–water partition coefficient (Wildman–Crippen LogP) is 2.78. The molecular formula is C15H23ClN4O2. The zero-order valence-corrected chi connectivity index (χ0v) is 13.6. The summed E-state index contributed by atoms with van der Waals surface area (Å²) in [5.74, 6) is 1.42. The summed E-state index contributed by atoms with van der Waals surface area (Å²) >= 11 is 0. The molecule has 0 amide bonds. The second-order valence-electron chi connectivity index (χ2n) is 4.69. The maximum Gasteiger partial charge on any atom is 0.315 e. The van der Waals surface area contributed by atoms with Gasteiger partial charge in [-0.25, -0.2) is 0 Å². The van der Waals surface area contributed by atoms with Crippen molar-refractivity contribution in [1.82, 2.24) is 10.2 Å². The van der Waals surface area contributed by atoms with Gasteiger partial charge >= 0.3 is 6.01 Å². The molecule has 0 aliphatic carbocycles. The van der Waals surface area contributed by atoms with E-state index >= 15 is 0 Å². The first-order chi connectivity index (χ1) is 10.3. The monoisotopic (exact) mass is 326 g/mol. The molecule has 2 rings (SSSR count). The van der Waals surface area contributed by atoms with Gasteiger partial charge in [0, 0.05) is 6.54 Å². The van der Waals surface area contributed by atoms with Crippen LogP contribution in [-0.2, 0) is 13.0 Å². The minimum Gasteiger partial charge on any atom is -0.493 e. The minimum absolute atomic E-state index is 0. The van der Waals surface area contributed by atoms with E-state index in [0.717, 1.165) is 38.2 Å². The molecule has 1 aromatic carbocycles. The lowest BCUT2D eigenvalue weighted by molar-refractivity contribution is 0.314. The van der Waals surface area contributed by atoms with Crippen LogP contribution < -0.4 is 15.8 Å². The van der Waals surface area contributed by atoms with Crippen LogP contribution in [-0.4, -0.2) is 23.3 Å². The normalized spacial score (nSPS) is 10.1. The number of ether oxygens (including phenoxy) is 1. The Morgan fingerprint density at radius 3 is 2.82 bits per heavy atom. The Hall–Kier alpha value is -1.79. The lowest BCUT2D eigenvalue weighted by Crippen LogP contribution is -2.04. The van der Waals surface area contributed by atoms with Crippen LogP contribution in [0.4, 0.5) is 6.01 Å². The first-order valence-electron chi connectivity index (χ1n) is 7.30.